The summed E-state index contributed by atoms with van der Waals surface area (Å²) in [6.07, 6.45) is 0.472. The molecule has 1 aliphatic rings. The van der Waals surface area contributed by atoms with E-state index in [9.17, 15) is 5.11 Å². The van der Waals surface area contributed by atoms with E-state index in [-0.39, 0.29) is 6.04 Å². The molecule has 0 radical (unpaired) electrons. The molecule has 2 rings (SSSR count). The third-order valence-corrected chi connectivity index (χ3v) is 3.00. The minimum Gasteiger partial charge on any atom is -0.388 e. The lowest BCUT2D eigenvalue weighted by molar-refractivity contribution is -0.102. The van der Waals surface area contributed by atoms with Gasteiger partial charge in [-0.05, 0) is 12.5 Å². The quantitative estimate of drug-likeness (QED) is 0.836. The third kappa shape index (κ3) is 2.24. The number of likely N-dealkylation sites (tertiary alicyclic amines) is 1. The van der Waals surface area contributed by atoms with Crippen LogP contribution in [0, 0.1) is 11.3 Å². The van der Waals surface area contributed by atoms with Crippen LogP contribution < -0.4 is 0 Å². The number of nitriles is 1. The SMILES string of the molecule is CC1(O)CN(C(CC#N)c2ccccc2)C1. The van der Waals surface area contributed by atoms with Crippen molar-refractivity contribution in [1.82, 2.24) is 4.90 Å². The molecule has 0 bridgehead atoms. The standard InChI is InChI=1S/C13H16N2O/c1-13(16)9-15(10-13)12(7-8-14)11-5-3-2-4-6-11/h2-6,12,16H,7,9-10H2,1H3. The molecule has 1 unspecified atom stereocenters. The Kier molecular flexibility index (Phi) is 2.95. The summed E-state index contributed by atoms with van der Waals surface area (Å²) < 4.78 is 0. The van der Waals surface area contributed by atoms with Gasteiger partial charge in [-0.15, -0.1) is 0 Å². The van der Waals surface area contributed by atoms with Crippen molar-refractivity contribution in [3.8, 4) is 6.07 Å². The van der Waals surface area contributed by atoms with E-state index in [2.05, 4.69) is 11.0 Å². The maximum Gasteiger partial charge on any atom is 0.0872 e. The fourth-order valence-corrected chi connectivity index (χ4v) is 2.27. The number of rotatable bonds is 3. The summed E-state index contributed by atoms with van der Waals surface area (Å²) in [6.45, 7) is 3.13. The highest BCUT2D eigenvalue weighted by Gasteiger charge is 2.40. The summed E-state index contributed by atoms with van der Waals surface area (Å²) in [5.41, 5.74) is 0.571. The molecule has 1 aliphatic heterocycles. The minimum atomic E-state index is -0.581. The van der Waals surface area contributed by atoms with Crippen LogP contribution in [0.5, 0.6) is 0 Å². The molecule has 0 amide bonds. The van der Waals surface area contributed by atoms with Crippen LogP contribution in [0.1, 0.15) is 24.9 Å². The lowest BCUT2D eigenvalue weighted by Crippen LogP contribution is -2.60. The van der Waals surface area contributed by atoms with Crippen molar-refractivity contribution in [2.24, 2.45) is 0 Å². The van der Waals surface area contributed by atoms with Gasteiger partial charge in [0.1, 0.15) is 0 Å². The van der Waals surface area contributed by atoms with Crippen molar-refractivity contribution in [2.45, 2.75) is 25.0 Å². The summed E-state index contributed by atoms with van der Waals surface area (Å²) in [7, 11) is 0. The molecule has 1 fully saturated rings. The zero-order valence-corrected chi connectivity index (χ0v) is 9.43. The average Bonchev–Trinajstić information content (AvgIpc) is 2.24. The number of β-amino-alcohol motifs (C(OH)–C–C–N with tert-alkyl or cyclic N) is 1. The highest BCUT2D eigenvalue weighted by Crippen LogP contribution is 2.32. The molecule has 1 aromatic rings. The minimum absolute atomic E-state index is 0.117. The first-order valence-electron chi connectivity index (χ1n) is 5.51. The van der Waals surface area contributed by atoms with E-state index in [4.69, 9.17) is 5.26 Å². The summed E-state index contributed by atoms with van der Waals surface area (Å²) in [4.78, 5) is 2.15. The molecule has 3 heteroatoms. The van der Waals surface area contributed by atoms with Gasteiger partial charge in [-0.1, -0.05) is 30.3 Å². The molecule has 1 heterocycles. The van der Waals surface area contributed by atoms with Gasteiger partial charge < -0.3 is 5.11 Å². The summed E-state index contributed by atoms with van der Waals surface area (Å²) in [5.74, 6) is 0. The number of aliphatic hydroxyl groups is 1. The molecule has 1 atom stereocenters. The normalized spacial score (nSPS) is 20.8. The Hall–Kier alpha value is -1.37. The fraction of sp³-hybridized carbons (Fsp3) is 0.462. The molecule has 0 aromatic heterocycles. The largest absolute Gasteiger partial charge is 0.388 e. The van der Waals surface area contributed by atoms with Gasteiger partial charge in [-0.2, -0.15) is 5.26 Å². The predicted octanol–water partition coefficient (Wildman–Crippen LogP) is 1.71. The van der Waals surface area contributed by atoms with Crippen LogP contribution >= 0.6 is 0 Å². The number of benzene rings is 1. The van der Waals surface area contributed by atoms with Gasteiger partial charge in [0.05, 0.1) is 18.1 Å². The van der Waals surface area contributed by atoms with E-state index >= 15 is 0 Å². The molecule has 1 saturated heterocycles. The third-order valence-electron chi connectivity index (χ3n) is 3.00. The van der Waals surface area contributed by atoms with Crippen LogP contribution in [0.15, 0.2) is 30.3 Å². The van der Waals surface area contributed by atoms with Gasteiger partial charge in [0.2, 0.25) is 0 Å². The molecular weight excluding hydrogens is 200 g/mol. The van der Waals surface area contributed by atoms with E-state index in [1.165, 1.54) is 0 Å². The summed E-state index contributed by atoms with van der Waals surface area (Å²) in [6, 6.07) is 12.3. The molecule has 0 aliphatic carbocycles. The molecule has 84 valence electrons. The average molecular weight is 216 g/mol. The van der Waals surface area contributed by atoms with E-state index in [1.54, 1.807) is 0 Å². The van der Waals surface area contributed by atoms with Crippen molar-refractivity contribution in [3.05, 3.63) is 35.9 Å². The Morgan fingerprint density at radius 2 is 2.06 bits per heavy atom. The van der Waals surface area contributed by atoms with Crippen LogP contribution in [0.3, 0.4) is 0 Å². The van der Waals surface area contributed by atoms with Gasteiger partial charge in [-0.3, -0.25) is 4.90 Å². The monoisotopic (exact) mass is 216 g/mol. The topological polar surface area (TPSA) is 47.3 Å². The molecule has 0 saturated carbocycles. The number of hydrogen-bond donors (Lipinski definition) is 1. The molecule has 0 spiro atoms. The zero-order valence-electron chi connectivity index (χ0n) is 9.43. The Balaban J connectivity index is 2.11. The van der Waals surface area contributed by atoms with Crippen LogP contribution in [0.2, 0.25) is 0 Å². The Morgan fingerprint density at radius 1 is 1.44 bits per heavy atom. The molecular formula is C13H16N2O. The summed E-state index contributed by atoms with van der Waals surface area (Å²) >= 11 is 0. The van der Waals surface area contributed by atoms with Gasteiger partial charge in [-0.25, -0.2) is 0 Å². The maximum absolute atomic E-state index is 9.72. The first-order valence-corrected chi connectivity index (χ1v) is 5.51. The highest BCUT2D eigenvalue weighted by atomic mass is 16.3. The second-order valence-electron chi connectivity index (χ2n) is 4.69. The molecule has 1 aromatic carbocycles. The highest BCUT2D eigenvalue weighted by molar-refractivity contribution is 5.21. The van der Waals surface area contributed by atoms with E-state index in [1.807, 2.05) is 37.3 Å². The van der Waals surface area contributed by atoms with Crippen molar-refractivity contribution in [1.29, 1.82) is 5.26 Å². The molecule has 3 nitrogen and oxygen atoms in total. The second-order valence-corrected chi connectivity index (χ2v) is 4.69. The van der Waals surface area contributed by atoms with Crippen molar-refractivity contribution < 1.29 is 5.11 Å². The Labute approximate surface area is 95.9 Å². The van der Waals surface area contributed by atoms with Crippen molar-refractivity contribution in [2.75, 3.05) is 13.1 Å². The van der Waals surface area contributed by atoms with Gasteiger partial charge in [0.25, 0.3) is 0 Å². The fourth-order valence-electron chi connectivity index (χ4n) is 2.27. The van der Waals surface area contributed by atoms with Crippen LogP contribution in [-0.2, 0) is 0 Å². The van der Waals surface area contributed by atoms with Crippen LogP contribution in [0.25, 0.3) is 0 Å². The maximum atomic E-state index is 9.72. The first-order chi connectivity index (χ1) is 7.62. The van der Waals surface area contributed by atoms with Crippen molar-refractivity contribution in [3.63, 3.8) is 0 Å². The number of hydrogen-bond acceptors (Lipinski definition) is 3. The van der Waals surface area contributed by atoms with E-state index in [0.717, 1.165) is 5.56 Å². The van der Waals surface area contributed by atoms with Gasteiger partial charge in [0, 0.05) is 19.1 Å². The van der Waals surface area contributed by atoms with Crippen LogP contribution in [-0.4, -0.2) is 28.7 Å². The lowest BCUT2D eigenvalue weighted by atomic mass is 9.91. The lowest BCUT2D eigenvalue weighted by Gasteiger charge is -2.48. The molecule has 16 heavy (non-hydrogen) atoms. The van der Waals surface area contributed by atoms with Gasteiger partial charge >= 0.3 is 0 Å². The van der Waals surface area contributed by atoms with Crippen molar-refractivity contribution >= 4 is 0 Å². The number of nitrogens with zero attached hydrogens (tertiary/aromatic N) is 2. The van der Waals surface area contributed by atoms with Gasteiger partial charge in [0.15, 0.2) is 0 Å². The van der Waals surface area contributed by atoms with E-state index in [0.29, 0.717) is 19.5 Å². The zero-order chi connectivity index (χ0) is 11.6. The Bertz CT molecular complexity index is 386. The first kappa shape index (κ1) is 11.1. The molecule has 1 N–H and O–H groups in total. The second kappa shape index (κ2) is 4.25. The smallest absolute Gasteiger partial charge is 0.0872 e. The predicted molar refractivity (Wildman–Crippen MR) is 61.6 cm³/mol. The summed E-state index contributed by atoms with van der Waals surface area (Å²) in [5, 5.41) is 18.6. The van der Waals surface area contributed by atoms with Crippen LogP contribution in [0.4, 0.5) is 0 Å². The van der Waals surface area contributed by atoms with E-state index < -0.39 is 5.60 Å². The Morgan fingerprint density at radius 3 is 2.56 bits per heavy atom.